The highest BCUT2D eigenvalue weighted by atomic mass is 16.5. The molecule has 2 N–H and O–H groups in total. The van der Waals surface area contributed by atoms with Gasteiger partial charge in [0, 0.05) is 51.0 Å². The molecule has 3 aliphatic rings. The van der Waals surface area contributed by atoms with Crippen LogP contribution < -0.4 is 20.3 Å². The van der Waals surface area contributed by atoms with E-state index in [9.17, 15) is 4.79 Å². The number of nitrogens with one attached hydrogen (secondary N) is 2. The molecular weight excluding hydrogens is 466 g/mol. The first kappa shape index (κ1) is 25.6. The lowest BCUT2D eigenvalue weighted by Gasteiger charge is -2.42. The van der Waals surface area contributed by atoms with Gasteiger partial charge in [0.25, 0.3) is 0 Å². The number of anilines is 3. The van der Waals surface area contributed by atoms with Crippen molar-refractivity contribution in [1.29, 1.82) is 0 Å². The molecule has 9 heteroatoms. The predicted octanol–water partition coefficient (Wildman–Crippen LogP) is 4.44. The SMILES string of the molecule is COc1ccccc1NC(=O)N1CCC(N2CCCC(Nc3nccc(N4CCCCCC4)n3)C2)CC1. The molecule has 3 aliphatic heterocycles. The lowest BCUT2D eigenvalue weighted by molar-refractivity contribution is 0.0996. The monoisotopic (exact) mass is 507 g/mol. The summed E-state index contributed by atoms with van der Waals surface area (Å²) >= 11 is 0. The smallest absolute Gasteiger partial charge is 0.321 e. The van der Waals surface area contributed by atoms with Crippen molar-refractivity contribution in [2.75, 3.05) is 61.9 Å². The van der Waals surface area contributed by atoms with E-state index in [1.807, 2.05) is 41.4 Å². The van der Waals surface area contributed by atoms with Crippen molar-refractivity contribution in [2.24, 2.45) is 0 Å². The molecular formula is C28H41N7O2. The van der Waals surface area contributed by atoms with E-state index in [1.165, 1.54) is 25.7 Å². The number of ether oxygens (including phenoxy) is 1. The summed E-state index contributed by atoms with van der Waals surface area (Å²) in [6, 6.07) is 10.4. The maximum absolute atomic E-state index is 12.9. The number of piperidine rings is 2. The van der Waals surface area contributed by atoms with Crippen molar-refractivity contribution in [3.05, 3.63) is 36.5 Å². The van der Waals surface area contributed by atoms with Crippen molar-refractivity contribution in [1.82, 2.24) is 19.8 Å². The first-order valence-electron chi connectivity index (χ1n) is 14.0. The summed E-state index contributed by atoms with van der Waals surface area (Å²) in [5, 5.41) is 6.65. The van der Waals surface area contributed by atoms with E-state index in [0.29, 0.717) is 23.5 Å². The number of likely N-dealkylation sites (tertiary alicyclic amines) is 2. The molecule has 9 nitrogen and oxygen atoms in total. The summed E-state index contributed by atoms with van der Waals surface area (Å²) in [5.74, 6) is 2.47. The highest BCUT2D eigenvalue weighted by molar-refractivity contribution is 5.91. The molecule has 1 unspecified atom stereocenters. The number of aromatic nitrogens is 2. The van der Waals surface area contributed by atoms with Gasteiger partial charge in [0.2, 0.25) is 5.95 Å². The lowest BCUT2D eigenvalue weighted by atomic mass is 9.98. The van der Waals surface area contributed by atoms with Gasteiger partial charge in [0.1, 0.15) is 11.6 Å². The number of benzene rings is 1. The molecule has 200 valence electrons. The maximum atomic E-state index is 12.9. The molecule has 4 heterocycles. The fraction of sp³-hybridized carbons (Fsp3) is 0.607. The average molecular weight is 508 g/mol. The first-order valence-corrected chi connectivity index (χ1v) is 14.0. The van der Waals surface area contributed by atoms with E-state index in [2.05, 4.69) is 25.4 Å². The molecule has 1 atom stereocenters. The second-order valence-electron chi connectivity index (χ2n) is 10.5. The fourth-order valence-electron chi connectivity index (χ4n) is 5.91. The van der Waals surface area contributed by atoms with Crippen LogP contribution in [0.4, 0.5) is 22.2 Å². The number of nitrogens with zero attached hydrogens (tertiary/aromatic N) is 5. The Morgan fingerprint density at radius 1 is 0.946 bits per heavy atom. The predicted molar refractivity (Wildman–Crippen MR) is 148 cm³/mol. The van der Waals surface area contributed by atoms with Gasteiger partial charge < -0.3 is 25.2 Å². The van der Waals surface area contributed by atoms with E-state index < -0.39 is 0 Å². The number of methoxy groups -OCH3 is 1. The van der Waals surface area contributed by atoms with E-state index in [1.54, 1.807) is 7.11 Å². The standard InChI is InChI=1S/C28H41N7O2/c1-37-25-11-5-4-10-24(25)31-28(36)34-19-13-23(14-20-34)35-18-8-9-22(21-35)30-27-29-15-12-26(32-27)33-16-6-2-3-7-17-33/h4-5,10-12,15,22-23H,2-3,6-9,13-14,16-21H2,1H3,(H,31,36)(H,29,30,32). The van der Waals surface area contributed by atoms with Crippen molar-refractivity contribution < 1.29 is 9.53 Å². The molecule has 3 fully saturated rings. The quantitative estimate of drug-likeness (QED) is 0.598. The summed E-state index contributed by atoms with van der Waals surface area (Å²) in [4.78, 5) is 29.2. The number of carbonyl (C=O) groups is 1. The molecule has 0 radical (unpaired) electrons. The Bertz CT molecular complexity index is 1020. The van der Waals surface area contributed by atoms with Gasteiger partial charge in [-0.15, -0.1) is 0 Å². The molecule has 0 saturated carbocycles. The average Bonchev–Trinajstić information content (AvgIpc) is 3.24. The number of hydrogen-bond acceptors (Lipinski definition) is 7. The molecule has 0 spiro atoms. The topological polar surface area (TPSA) is 85.9 Å². The summed E-state index contributed by atoms with van der Waals surface area (Å²) in [6.45, 7) is 5.81. The van der Waals surface area contributed by atoms with Gasteiger partial charge in [-0.3, -0.25) is 4.90 Å². The number of para-hydroxylation sites is 2. The second kappa shape index (κ2) is 12.4. The third-order valence-corrected chi connectivity index (χ3v) is 7.97. The lowest BCUT2D eigenvalue weighted by Crippen LogP contribution is -2.52. The van der Waals surface area contributed by atoms with Gasteiger partial charge in [-0.2, -0.15) is 4.98 Å². The minimum atomic E-state index is -0.0532. The number of amides is 2. The van der Waals surface area contributed by atoms with Crippen molar-refractivity contribution in [2.45, 2.75) is 63.5 Å². The van der Waals surface area contributed by atoms with Crippen LogP contribution >= 0.6 is 0 Å². The Morgan fingerprint density at radius 2 is 1.73 bits per heavy atom. The van der Waals surface area contributed by atoms with Crippen LogP contribution in [-0.2, 0) is 0 Å². The number of rotatable bonds is 6. The Morgan fingerprint density at radius 3 is 2.51 bits per heavy atom. The second-order valence-corrected chi connectivity index (χ2v) is 10.5. The molecule has 1 aromatic carbocycles. The zero-order chi connectivity index (χ0) is 25.5. The van der Waals surface area contributed by atoms with Gasteiger partial charge in [0.05, 0.1) is 12.8 Å². The number of carbonyl (C=O) groups excluding carboxylic acids is 1. The molecule has 2 amide bonds. The summed E-state index contributed by atoms with van der Waals surface area (Å²) < 4.78 is 5.37. The van der Waals surface area contributed by atoms with Crippen molar-refractivity contribution in [3.63, 3.8) is 0 Å². The van der Waals surface area contributed by atoms with Crippen LogP contribution in [0.25, 0.3) is 0 Å². The van der Waals surface area contributed by atoms with Crippen molar-refractivity contribution >= 4 is 23.5 Å². The van der Waals surface area contributed by atoms with Crippen LogP contribution in [0.2, 0.25) is 0 Å². The zero-order valence-corrected chi connectivity index (χ0v) is 22.1. The van der Waals surface area contributed by atoms with E-state index in [0.717, 1.165) is 76.7 Å². The Hall–Kier alpha value is -3.07. The van der Waals surface area contributed by atoms with Crippen LogP contribution in [0.15, 0.2) is 36.5 Å². The molecule has 0 bridgehead atoms. The Kier molecular flexibility index (Phi) is 8.61. The largest absolute Gasteiger partial charge is 0.495 e. The maximum Gasteiger partial charge on any atom is 0.321 e. The summed E-state index contributed by atoms with van der Waals surface area (Å²) in [5.41, 5.74) is 0.712. The zero-order valence-electron chi connectivity index (χ0n) is 22.1. The third-order valence-electron chi connectivity index (χ3n) is 7.97. The molecule has 37 heavy (non-hydrogen) atoms. The van der Waals surface area contributed by atoms with E-state index >= 15 is 0 Å². The van der Waals surface area contributed by atoms with Gasteiger partial charge in [-0.1, -0.05) is 25.0 Å². The highest BCUT2D eigenvalue weighted by Crippen LogP contribution is 2.26. The van der Waals surface area contributed by atoms with Crippen LogP contribution in [-0.4, -0.2) is 84.3 Å². The van der Waals surface area contributed by atoms with Gasteiger partial charge in [0.15, 0.2) is 0 Å². The fourth-order valence-corrected chi connectivity index (χ4v) is 5.91. The van der Waals surface area contributed by atoms with Crippen LogP contribution in [0.3, 0.4) is 0 Å². The van der Waals surface area contributed by atoms with Crippen LogP contribution in [0.1, 0.15) is 51.4 Å². The molecule has 3 saturated heterocycles. The Balaban J connectivity index is 1.11. The third kappa shape index (κ3) is 6.63. The normalized spacial score (nSPS) is 21.8. The molecule has 0 aliphatic carbocycles. The summed E-state index contributed by atoms with van der Waals surface area (Å²) in [7, 11) is 1.62. The molecule has 1 aromatic heterocycles. The Labute approximate surface area is 220 Å². The van der Waals surface area contributed by atoms with Gasteiger partial charge >= 0.3 is 6.03 Å². The molecule has 5 rings (SSSR count). The number of hydrogen-bond donors (Lipinski definition) is 2. The minimum absolute atomic E-state index is 0.0532. The highest BCUT2D eigenvalue weighted by Gasteiger charge is 2.30. The molecule has 2 aromatic rings. The minimum Gasteiger partial charge on any atom is -0.495 e. The van der Waals surface area contributed by atoms with Crippen LogP contribution in [0.5, 0.6) is 5.75 Å². The van der Waals surface area contributed by atoms with Crippen LogP contribution in [0, 0.1) is 0 Å². The van der Waals surface area contributed by atoms with Crippen molar-refractivity contribution in [3.8, 4) is 5.75 Å². The summed E-state index contributed by atoms with van der Waals surface area (Å²) in [6.07, 6.45) is 11.3. The first-order chi connectivity index (χ1) is 18.2. The number of urea groups is 1. The van der Waals surface area contributed by atoms with Gasteiger partial charge in [-0.25, -0.2) is 9.78 Å². The van der Waals surface area contributed by atoms with E-state index in [4.69, 9.17) is 9.72 Å². The van der Waals surface area contributed by atoms with E-state index in [-0.39, 0.29) is 6.03 Å². The van der Waals surface area contributed by atoms with Gasteiger partial charge in [-0.05, 0) is 63.3 Å².